The van der Waals surface area contributed by atoms with Gasteiger partial charge in [-0.15, -0.1) is 0 Å². The molecule has 0 heterocycles. The van der Waals surface area contributed by atoms with E-state index in [2.05, 4.69) is 10.1 Å². The number of ether oxygens (including phenoxy) is 2. The van der Waals surface area contributed by atoms with Crippen LogP contribution in [-0.4, -0.2) is 24.5 Å². The Balaban J connectivity index is 2.15. The van der Waals surface area contributed by atoms with Gasteiger partial charge in [0.05, 0.1) is 18.1 Å². The molecule has 2 rings (SSSR count). The highest BCUT2D eigenvalue weighted by Crippen LogP contribution is 2.29. The third-order valence-corrected chi connectivity index (χ3v) is 3.09. The summed E-state index contributed by atoms with van der Waals surface area (Å²) in [5.41, 5.74) is -0.748. The van der Waals surface area contributed by atoms with Gasteiger partial charge in [0.2, 0.25) is 11.6 Å². The number of hydrogen-bond donors (Lipinski definition) is 1. The third-order valence-electron chi connectivity index (χ3n) is 3.09. The predicted octanol–water partition coefficient (Wildman–Crippen LogP) is 3.18. The summed E-state index contributed by atoms with van der Waals surface area (Å²) in [4.78, 5) is 22.0. The van der Waals surface area contributed by atoms with Crippen molar-refractivity contribution in [3.63, 3.8) is 0 Å². The summed E-state index contributed by atoms with van der Waals surface area (Å²) < 4.78 is 62.3. The molecule has 0 saturated heterocycles. The van der Waals surface area contributed by atoms with Crippen LogP contribution in [0.4, 0.5) is 28.9 Å². The topological polar surface area (TPSA) is 90.7 Å². The number of nitro groups is 1. The highest BCUT2D eigenvalue weighted by molar-refractivity contribution is 5.94. The number of benzene rings is 2. The van der Waals surface area contributed by atoms with Gasteiger partial charge in [-0.3, -0.25) is 14.9 Å². The highest BCUT2D eigenvalue weighted by Gasteiger charge is 2.22. The molecule has 1 N–H and O–H groups in total. The largest absolute Gasteiger partial charge is 0.496 e. The van der Waals surface area contributed by atoms with Crippen LogP contribution in [0.2, 0.25) is 0 Å². The molecule has 0 aromatic heterocycles. The number of carbonyl (C=O) groups is 1. The molecule has 0 unspecified atom stereocenters. The Morgan fingerprint density at radius 2 is 1.77 bits per heavy atom. The monoisotopic (exact) mass is 374 g/mol. The van der Waals surface area contributed by atoms with Gasteiger partial charge in [0.15, 0.2) is 24.0 Å². The Labute approximate surface area is 143 Å². The first-order chi connectivity index (χ1) is 12.2. The second-order valence-electron chi connectivity index (χ2n) is 4.77. The van der Waals surface area contributed by atoms with Crippen LogP contribution in [0.15, 0.2) is 24.3 Å². The predicted molar refractivity (Wildman–Crippen MR) is 80.0 cm³/mol. The van der Waals surface area contributed by atoms with Crippen molar-refractivity contribution >= 4 is 17.3 Å². The molecule has 0 saturated carbocycles. The van der Waals surface area contributed by atoms with Crippen molar-refractivity contribution in [2.75, 3.05) is 19.0 Å². The standard InChI is InChI=1S/C15H10F4N2O5/c1-25-7-2-3-10(11(4-7)21(23)24)20-12(22)6-26-15-13(18)8(16)5-9(17)14(15)19/h2-5H,6H2,1H3,(H,20,22). The minimum Gasteiger partial charge on any atom is -0.496 e. The van der Waals surface area contributed by atoms with Crippen molar-refractivity contribution < 1.29 is 36.8 Å². The number of anilines is 1. The highest BCUT2D eigenvalue weighted by atomic mass is 19.2. The van der Waals surface area contributed by atoms with Crippen LogP contribution in [0.5, 0.6) is 11.5 Å². The van der Waals surface area contributed by atoms with Gasteiger partial charge in [-0.1, -0.05) is 0 Å². The molecule has 2 aromatic carbocycles. The summed E-state index contributed by atoms with van der Waals surface area (Å²) in [6.07, 6.45) is 0. The van der Waals surface area contributed by atoms with E-state index in [0.29, 0.717) is 0 Å². The maximum Gasteiger partial charge on any atom is 0.296 e. The van der Waals surface area contributed by atoms with Gasteiger partial charge in [-0.25, -0.2) is 8.78 Å². The smallest absolute Gasteiger partial charge is 0.296 e. The molecule has 2 aromatic rings. The number of hydrogen-bond acceptors (Lipinski definition) is 5. The Morgan fingerprint density at radius 1 is 1.15 bits per heavy atom. The van der Waals surface area contributed by atoms with Crippen LogP contribution in [0, 0.1) is 33.4 Å². The van der Waals surface area contributed by atoms with E-state index in [1.807, 2.05) is 0 Å². The van der Waals surface area contributed by atoms with Crippen LogP contribution >= 0.6 is 0 Å². The summed E-state index contributed by atoms with van der Waals surface area (Å²) in [7, 11) is 1.28. The Kier molecular flexibility index (Phi) is 5.60. The average molecular weight is 374 g/mol. The number of nitro benzene ring substituents is 1. The molecule has 0 atom stereocenters. The van der Waals surface area contributed by atoms with Gasteiger partial charge in [0, 0.05) is 6.07 Å². The van der Waals surface area contributed by atoms with Crippen LogP contribution in [0.3, 0.4) is 0 Å². The molecule has 26 heavy (non-hydrogen) atoms. The SMILES string of the molecule is COc1ccc(NC(=O)COc2c(F)c(F)cc(F)c2F)c([N+](=O)[O-])c1. The van der Waals surface area contributed by atoms with E-state index >= 15 is 0 Å². The van der Waals surface area contributed by atoms with Crippen LogP contribution in [0.25, 0.3) is 0 Å². The first-order valence-electron chi connectivity index (χ1n) is 6.82. The molecular formula is C15H10F4N2O5. The van der Waals surface area contributed by atoms with E-state index in [0.717, 1.165) is 12.1 Å². The lowest BCUT2D eigenvalue weighted by atomic mass is 10.2. The van der Waals surface area contributed by atoms with E-state index in [4.69, 9.17) is 4.74 Å². The molecule has 0 aliphatic heterocycles. The van der Waals surface area contributed by atoms with Gasteiger partial charge in [0.1, 0.15) is 11.4 Å². The van der Waals surface area contributed by atoms with Crippen molar-refractivity contribution in [1.29, 1.82) is 0 Å². The summed E-state index contributed by atoms with van der Waals surface area (Å²) >= 11 is 0. The normalized spacial score (nSPS) is 10.3. The van der Waals surface area contributed by atoms with E-state index in [-0.39, 0.29) is 17.5 Å². The van der Waals surface area contributed by atoms with Crippen LogP contribution in [0.1, 0.15) is 0 Å². The zero-order valence-electron chi connectivity index (χ0n) is 13.0. The molecule has 0 spiro atoms. The molecule has 0 aliphatic rings. The fourth-order valence-corrected chi connectivity index (χ4v) is 1.90. The van der Waals surface area contributed by atoms with Crippen molar-refractivity contribution in [2.45, 2.75) is 0 Å². The Bertz CT molecular complexity index is 849. The molecule has 7 nitrogen and oxygen atoms in total. The number of nitrogens with zero attached hydrogens (tertiary/aromatic N) is 1. The van der Waals surface area contributed by atoms with Crippen molar-refractivity contribution in [1.82, 2.24) is 0 Å². The summed E-state index contributed by atoms with van der Waals surface area (Å²) in [6.45, 7) is -1.06. The van der Waals surface area contributed by atoms with E-state index in [1.165, 1.54) is 13.2 Å². The second kappa shape index (κ2) is 7.68. The molecule has 0 radical (unpaired) electrons. The number of carbonyl (C=O) groups excluding carboxylic acids is 1. The zero-order valence-corrected chi connectivity index (χ0v) is 13.0. The molecule has 0 bridgehead atoms. The second-order valence-corrected chi connectivity index (χ2v) is 4.77. The van der Waals surface area contributed by atoms with Crippen LogP contribution < -0.4 is 14.8 Å². The van der Waals surface area contributed by atoms with E-state index in [1.54, 1.807) is 0 Å². The molecule has 0 aliphatic carbocycles. The van der Waals surface area contributed by atoms with Gasteiger partial charge in [0.25, 0.3) is 11.6 Å². The minimum absolute atomic E-state index is 0.0156. The van der Waals surface area contributed by atoms with Crippen LogP contribution in [-0.2, 0) is 4.79 Å². The van der Waals surface area contributed by atoms with Gasteiger partial charge < -0.3 is 14.8 Å². The maximum atomic E-state index is 13.4. The molecule has 11 heteroatoms. The summed E-state index contributed by atoms with van der Waals surface area (Å²) in [5.74, 6) is -9.34. The Morgan fingerprint density at radius 3 is 2.31 bits per heavy atom. The number of methoxy groups -OCH3 is 1. The summed E-state index contributed by atoms with van der Waals surface area (Å²) in [6, 6.07) is 3.51. The lowest BCUT2D eigenvalue weighted by Crippen LogP contribution is -2.21. The first kappa shape index (κ1) is 19.0. The molecule has 0 fully saturated rings. The average Bonchev–Trinajstić information content (AvgIpc) is 2.60. The fourth-order valence-electron chi connectivity index (χ4n) is 1.90. The number of rotatable bonds is 6. The molecule has 1 amide bonds. The number of nitrogens with one attached hydrogen (secondary N) is 1. The quantitative estimate of drug-likeness (QED) is 0.363. The minimum atomic E-state index is -1.81. The van der Waals surface area contributed by atoms with E-state index < -0.39 is 52.1 Å². The number of halogens is 4. The third kappa shape index (κ3) is 3.99. The molecule has 138 valence electrons. The van der Waals surface area contributed by atoms with Gasteiger partial charge in [-0.2, -0.15) is 8.78 Å². The van der Waals surface area contributed by atoms with Gasteiger partial charge in [-0.05, 0) is 12.1 Å². The molecular weight excluding hydrogens is 364 g/mol. The fraction of sp³-hybridized carbons (Fsp3) is 0.133. The number of amides is 1. The lowest BCUT2D eigenvalue weighted by Gasteiger charge is -2.10. The van der Waals surface area contributed by atoms with E-state index in [9.17, 15) is 32.5 Å². The van der Waals surface area contributed by atoms with Crippen molar-refractivity contribution in [3.8, 4) is 11.5 Å². The van der Waals surface area contributed by atoms with Crippen molar-refractivity contribution in [3.05, 3.63) is 57.6 Å². The maximum absolute atomic E-state index is 13.4. The summed E-state index contributed by atoms with van der Waals surface area (Å²) in [5, 5.41) is 13.1. The Hall–Kier alpha value is -3.37. The van der Waals surface area contributed by atoms with Gasteiger partial charge >= 0.3 is 0 Å². The zero-order chi connectivity index (χ0) is 19.4. The van der Waals surface area contributed by atoms with Crippen molar-refractivity contribution in [2.24, 2.45) is 0 Å². The lowest BCUT2D eigenvalue weighted by molar-refractivity contribution is -0.384. The first-order valence-corrected chi connectivity index (χ1v) is 6.82.